The van der Waals surface area contributed by atoms with Crippen molar-refractivity contribution in [1.82, 2.24) is 0 Å². The first-order valence-electron chi connectivity index (χ1n) is 14.5. The van der Waals surface area contributed by atoms with E-state index in [1.807, 2.05) is 12.1 Å². The smallest absolute Gasteiger partial charge is 0.202 e. The van der Waals surface area contributed by atoms with Gasteiger partial charge in [0.2, 0.25) is 6.29 Å². The van der Waals surface area contributed by atoms with Gasteiger partial charge in [-0.3, -0.25) is 9.59 Å². The van der Waals surface area contributed by atoms with Gasteiger partial charge in [0.1, 0.15) is 5.75 Å². The number of ether oxygens (including phenoxy) is 6. The van der Waals surface area contributed by atoms with Crippen molar-refractivity contribution < 1.29 is 53.3 Å². The van der Waals surface area contributed by atoms with Gasteiger partial charge in [-0.1, -0.05) is 30.4 Å². The number of ketones is 2. The van der Waals surface area contributed by atoms with Crippen molar-refractivity contribution in [3.8, 4) is 17.2 Å². The van der Waals surface area contributed by atoms with Crippen LogP contribution in [-0.4, -0.2) is 91.3 Å². The van der Waals surface area contributed by atoms with E-state index in [-0.39, 0.29) is 43.7 Å². The van der Waals surface area contributed by atoms with Crippen molar-refractivity contribution in [1.29, 1.82) is 0 Å². The van der Waals surface area contributed by atoms with E-state index in [9.17, 15) is 24.9 Å². The molecule has 0 bridgehead atoms. The molecule has 6 atom stereocenters. The standard InChI is InChI=1S/C33H40O11/c1-39-26-5-3-4-21(12-26)6-9-23(36)14-24(37)10-7-22-8-11-30(31(13-22)40-2)44-33-18-27(17-29(20-35)43-33)41-32-16-25(38)15-28(19-34)42-32/h3-13,25,27-29,32-35,38H,14-20H2,1-2H3/b9-6+,10-7+/t25-,27-,28-,29-,32+,33-/m0/s1. The lowest BCUT2D eigenvalue weighted by molar-refractivity contribution is -0.267. The minimum atomic E-state index is -0.763. The second kappa shape index (κ2) is 16.5. The summed E-state index contributed by atoms with van der Waals surface area (Å²) in [5.74, 6) is 0.794. The van der Waals surface area contributed by atoms with Crippen LogP contribution in [0.15, 0.2) is 54.6 Å². The Kier molecular flexibility index (Phi) is 12.5. The molecule has 3 N–H and O–H groups in total. The zero-order valence-corrected chi connectivity index (χ0v) is 24.9. The first-order valence-corrected chi connectivity index (χ1v) is 14.5. The van der Waals surface area contributed by atoms with E-state index in [1.165, 1.54) is 19.3 Å². The van der Waals surface area contributed by atoms with Gasteiger partial charge >= 0.3 is 0 Å². The normalized spacial score (nSPS) is 25.7. The predicted molar refractivity (Wildman–Crippen MR) is 160 cm³/mol. The Labute approximate surface area is 256 Å². The summed E-state index contributed by atoms with van der Waals surface area (Å²) < 4.78 is 34.4. The van der Waals surface area contributed by atoms with Crippen molar-refractivity contribution in [2.45, 2.75) is 69.1 Å². The highest BCUT2D eigenvalue weighted by molar-refractivity contribution is 6.10. The molecule has 2 aromatic carbocycles. The molecular formula is C33H40O11. The first kappa shape index (κ1) is 33.3. The van der Waals surface area contributed by atoms with E-state index in [2.05, 4.69) is 0 Å². The molecule has 44 heavy (non-hydrogen) atoms. The van der Waals surface area contributed by atoms with Crippen LogP contribution >= 0.6 is 0 Å². The van der Waals surface area contributed by atoms with Gasteiger partial charge in [-0.15, -0.1) is 0 Å². The van der Waals surface area contributed by atoms with Crippen molar-refractivity contribution in [3.63, 3.8) is 0 Å². The van der Waals surface area contributed by atoms with E-state index in [0.717, 1.165) is 5.56 Å². The van der Waals surface area contributed by atoms with Gasteiger partial charge in [0.15, 0.2) is 29.4 Å². The number of aliphatic hydroxyl groups excluding tert-OH is 3. The maximum absolute atomic E-state index is 12.4. The van der Waals surface area contributed by atoms with Crippen LogP contribution in [0.4, 0.5) is 0 Å². The fraction of sp³-hybridized carbons (Fsp3) is 0.455. The molecule has 238 valence electrons. The molecule has 2 aliphatic heterocycles. The van der Waals surface area contributed by atoms with E-state index in [4.69, 9.17) is 28.4 Å². The number of carbonyl (C=O) groups excluding carboxylic acids is 2. The summed E-state index contributed by atoms with van der Waals surface area (Å²) >= 11 is 0. The van der Waals surface area contributed by atoms with Crippen molar-refractivity contribution >= 4 is 23.7 Å². The summed E-state index contributed by atoms with van der Waals surface area (Å²) in [5.41, 5.74) is 1.45. The number of methoxy groups -OCH3 is 2. The van der Waals surface area contributed by atoms with Gasteiger partial charge < -0.3 is 43.7 Å². The summed E-state index contributed by atoms with van der Waals surface area (Å²) in [4.78, 5) is 24.7. The average molecular weight is 613 g/mol. The lowest BCUT2D eigenvalue weighted by Crippen LogP contribution is -2.45. The number of aliphatic hydroxyl groups is 3. The number of hydrogen-bond donors (Lipinski definition) is 3. The Bertz CT molecular complexity index is 1310. The van der Waals surface area contributed by atoms with Crippen LogP contribution in [-0.2, 0) is 23.8 Å². The lowest BCUT2D eigenvalue weighted by Gasteiger charge is -2.38. The molecule has 2 aliphatic rings. The number of benzene rings is 2. The minimum Gasteiger partial charge on any atom is -0.497 e. The number of rotatable bonds is 14. The largest absolute Gasteiger partial charge is 0.497 e. The van der Waals surface area contributed by atoms with E-state index >= 15 is 0 Å². The van der Waals surface area contributed by atoms with Crippen LogP contribution < -0.4 is 14.2 Å². The van der Waals surface area contributed by atoms with Crippen molar-refractivity contribution in [2.24, 2.45) is 0 Å². The SMILES string of the molecule is COc1cccc(/C=C/C(=O)CC(=O)/C=C/c2ccc(O[C@H]3C[C@@H](O[C@H]4C[C@@H](O)C[C@@H](CO)O4)C[C@@H](CO)O3)c(OC)c2)c1. The number of hydrogen-bond acceptors (Lipinski definition) is 11. The highest BCUT2D eigenvalue weighted by Crippen LogP contribution is 2.33. The maximum Gasteiger partial charge on any atom is 0.202 e. The summed E-state index contributed by atoms with van der Waals surface area (Å²) in [6, 6.07) is 12.3. The molecule has 2 heterocycles. The quantitative estimate of drug-likeness (QED) is 0.213. The van der Waals surface area contributed by atoms with Crippen LogP contribution in [0.5, 0.6) is 17.2 Å². The third kappa shape index (κ3) is 9.98. The first-order chi connectivity index (χ1) is 21.3. The van der Waals surface area contributed by atoms with Crippen molar-refractivity contribution in [2.75, 3.05) is 27.4 Å². The van der Waals surface area contributed by atoms with Gasteiger partial charge in [-0.2, -0.15) is 0 Å². The Morgan fingerprint density at radius 1 is 0.818 bits per heavy atom. The molecule has 0 aromatic heterocycles. The summed E-state index contributed by atoms with van der Waals surface area (Å²) in [6.07, 6.45) is 3.52. The zero-order chi connectivity index (χ0) is 31.5. The molecule has 2 aromatic rings. The monoisotopic (exact) mass is 612 g/mol. The summed E-state index contributed by atoms with van der Waals surface area (Å²) in [5, 5.41) is 29.3. The van der Waals surface area contributed by atoms with Gasteiger partial charge in [-0.25, -0.2) is 0 Å². The Hall–Kier alpha value is -3.58. The summed E-state index contributed by atoms with van der Waals surface area (Å²) in [6.45, 7) is -0.448. The molecule has 11 heteroatoms. The Morgan fingerprint density at radius 2 is 1.50 bits per heavy atom. The van der Waals surface area contributed by atoms with Crippen LogP contribution in [0, 0.1) is 0 Å². The highest BCUT2D eigenvalue weighted by Gasteiger charge is 2.36. The zero-order valence-electron chi connectivity index (χ0n) is 24.9. The second-order valence-corrected chi connectivity index (χ2v) is 10.7. The van der Waals surface area contributed by atoms with Gasteiger partial charge in [0.25, 0.3) is 0 Å². The fourth-order valence-electron chi connectivity index (χ4n) is 5.04. The average Bonchev–Trinajstić information content (AvgIpc) is 3.02. The lowest BCUT2D eigenvalue weighted by atomic mass is 10.0. The van der Waals surface area contributed by atoms with Crippen molar-refractivity contribution in [3.05, 3.63) is 65.7 Å². The maximum atomic E-state index is 12.4. The molecule has 11 nitrogen and oxygen atoms in total. The molecule has 0 radical (unpaired) electrons. The molecular weight excluding hydrogens is 572 g/mol. The molecule has 2 saturated heterocycles. The van der Waals surface area contributed by atoms with Gasteiger partial charge in [0, 0.05) is 25.7 Å². The predicted octanol–water partition coefficient (Wildman–Crippen LogP) is 3.08. The van der Waals surface area contributed by atoms with Crippen LogP contribution in [0.25, 0.3) is 12.2 Å². The fourth-order valence-corrected chi connectivity index (χ4v) is 5.04. The number of allylic oxidation sites excluding steroid dienone is 2. The molecule has 4 rings (SSSR count). The van der Waals surface area contributed by atoms with E-state index < -0.39 is 30.9 Å². The van der Waals surface area contributed by atoms with Crippen LogP contribution in [0.2, 0.25) is 0 Å². The summed E-state index contributed by atoms with van der Waals surface area (Å²) in [7, 11) is 3.05. The topological polar surface area (TPSA) is 150 Å². The molecule has 0 spiro atoms. The van der Waals surface area contributed by atoms with E-state index in [1.54, 1.807) is 49.6 Å². The van der Waals surface area contributed by atoms with Gasteiger partial charge in [0.05, 0.1) is 58.3 Å². The van der Waals surface area contributed by atoms with Crippen LogP contribution in [0.1, 0.15) is 43.2 Å². The molecule has 0 unspecified atom stereocenters. The number of carbonyl (C=O) groups is 2. The van der Waals surface area contributed by atoms with E-state index in [0.29, 0.717) is 42.1 Å². The Morgan fingerprint density at radius 3 is 2.18 bits per heavy atom. The van der Waals surface area contributed by atoms with Crippen LogP contribution in [0.3, 0.4) is 0 Å². The Balaban J connectivity index is 1.33. The third-order valence-corrected chi connectivity index (χ3v) is 7.23. The molecule has 2 fully saturated rings. The molecule has 0 saturated carbocycles. The van der Waals surface area contributed by atoms with Gasteiger partial charge in [-0.05, 0) is 47.5 Å². The second-order valence-electron chi connectivity index (χ2n) is 10.7. The molecule has 0 aliphatic carbocycles. The third-order valence-electron chi connectivity index (χ3n) is 7.23. The minimum absolute atomic E-state index is 0.213. The highest BCUT2D eigenvalue weighted by atomic mass is 16.7. The molecule has 0 amide bonds.